The number of carbonyl (C=O) groups excluding carboxylic acids is 1. The van der Waals surface area contributed by atoms with E-state index in [1.54, 1.807) is 0 Å². The van der Waals surface area contributed by atoms with Crippen LogP contribution < -0.4 is 0 Å². The highest BCUT2D eigenvalue weighted by atomic mass is 16.3. The van der Waals surface area contributed by atoms with Gasteiger partial charge in [-0.2, -0.15) is 0 Å². The van der Waals surface area contributed by atoms with Gasteiger partial charge in [0.15, 0.2) is 0 Å². The second-order valence-electron chi connectivity index (χ2n) is 2.83. The molecule has 3 nitrogen and oxygen atoms in total. The molecule has 0 aliphatic carbocycles. The third kappa shape index (κ3) is 4.93. The Morgan fingerprint density at radius 3 is 2.55 bits per heavy atom. The van der Waals surface area contributed by atoms with Crippen molar-refractivity contribution >= 4 is 6.29 Å². The number of rotatable bonds is 6. The number of aliphatic hydroxyl groups is 1. The molecule has 0 aromatic carbocycles. The number of carbonyl (C=O) groups is 1. The number of hydrogen-bond donors (Lipinski definition) is 1. The van der Waals surface area contributed by atoms with E-state index in [9.17, 15) is 4.79 Å². The van der Waals surface area contributed by atoms with Gasteiger partial charge in [0.2, 0.25) is 0 Å². The molecule has 0 radical (unpaired) electrons. The first-order valence-corrected chi connectivity index (χ1v) is 4.01. The standard InChI is InChI=1S/C8H17NO2/c1-8(2)9(5-7-11)4-3-6-10/h7-8,10H,3-6H2,1-2H3. The molecular formula is C8H17NO2. The number of aliphatic hydroxyl groups excluding tert-OH is 1. The van der Waals surface area contributed by atoms with Gasteiger partial charge in [-0.25, -0.2) is 0 Å². The summed E-state index contributed by atoms with van der Waals surface area (Å²) in [6.07, 6.45) is 1.64. The van der Waals surface area contributed by atoms with Crippen molar-refractivity contribution in [2.45, 2.75) is 26.3 Å². The van der Waals surface area contributed by atoms with Crippen LogP contribution in [0.4, 0.5) is 0 Å². The van der Waals surface area contributed by atoms with E-state index in [1.807, 2.05) is 18.7 Å². The van der Waals surface area contributed by atoms with Crippen LogP contribution in [-0.2, 0) is 4.79 Å². The van der Waals surface area contributed by atoms with Crippen LogP contribution in [0.1, 0.15) is 20.3 Å². The Morgan fingerprint density at radius 1 is 1.55 bits per heavy atom. The first-order chi connectivity index (χ1) is 5.22. The van der Waals surface area contributed by atoms with E-state index in [2.05, 4.69) is 0 Å². The highest BCUT2D eigenvalue weighted by Crippen LogP contribution is 1.97. The lowest BCUT2D eigenvalue weighted by Crippen LogP contribution is -2.33. The van der Waals surface area contributed by atoms with Gasteiger partial charge in [0.25, 0.3) is 0 Å². The van der Waals surface area contributed by atoms with Gasteiger partial charge in [-0.05, 0) is 20.3 Å². The molecule has 1 N–H and O–H groups in total. The van der Waals surface area contributed by atoms with Crippen molar-refractivity contribution in [1.29, 1.82) is 0 Å². The molecule has 0 fully saturated rings. The molecule has 0 aliphatic heterocycles. The molecule has 0 aliphatic rings. The quantitative estimate of drug-likeness (QED) is 0.566. The fourth-order valence-electron chi connectivity index (χ4n) is 0.930. The van der Waals surface area contributed by atoms with Crippen LogP contribution in [0, 0.1) is 0 Å². The van der Waals surface area contributed by atoms with Crippen molar-refractivity contribution in [1.82, 2.24) is 4.90 Å². The molecule has 0 unspecified atom stereocenters. The van der Waals surface area contributed by atoms with Gasteiger partial charge in [0, 0.05) is 19.2 Å². The Balaban J connectivity index is 3.59. The largest absolute Gasteiger partial charge is 0.396 e. The zero-order chi connectivity index (χ0) is 8.69. The zero-order valence-corrected chi connectivity index (χ0v) is 7.29. The average molecular weight is 159 g/mol. The lowest BCUT2D eigenvalue weighted by atomic mass is 10.3. The Hall–Kier alpha value is -0.410. The molecular weight excluding hydrogens is 142 g/mol. The summed E-state index contributed by atoms with van der Waals surface area (Å²) in [4.78, 5) is 12.2. The summed E-state index contributed by atoms with van der Waals surface area (Å²) in [5, 5.41) is 8.55. The number of hydrogen-bond acceptors (Lipinski definition) is 3. The number of nitrogens with zero attached hydrogens (tertiary/aromatic N) is 1. The second kappa shape index (κ2) is 6.31. The van der Waals surface area contributed by atoms with E-state index >= 15 is 0 Å². The van der Waals surface area contributed by atoms with Crippen LogP contribution in [0.25, 0.3) is 0 Å². The van der Waals surface area contributed by atoms with Crippen LogP contribution in [0.2, 0.25) is 0 Å². The summed E-state index contributed by atoms with van der Waals surface area (Å²) in [6, 6.07) is 0.381. The van der Waals surface area contributed by atoms with Gasteiger partial charge in [-0.15, -0.1) is 0 Å². The van der Waals surface area contributed by atoms with Crippen molar-refractivity contribution < 1.29 is 9.90 Å². The topological polar surface area (TPSA) is 40.5 Å². The van der Waals surface area contributed by atoms with E-state index in [0.29, 0.717) is 12.6 Å². The third-order valence-electron chi connectivity index (χ3n) is 1.64. The van der Waals surface area contributed by atoms with Gasteiger partial charge in [-0.1, -0.05) is 0 Å². The molecule has 0 saturated heterocycles. The fraction of sp³-hybridized carbons (Fsp3) is 0.875. The van der Waals surface area contributed by atoms with Crippen LogP contribution in [0.15, 0.2) is 0 Å². The molecule has 0 heterocycles. The van der Waals surface area contributed by atoms with Crippen LogP contribution in [0.5, 0.6) is 0 Å². The van der Waals surface area contributed by atoms with Crippen molar-refractivity contribution in [3.8, 4) is 0 Å². The molecule has 0 rings (SSSR count). The maximum atomic E-state index is 10.2. The van der Waals surface area contributed by atoms with Gasteiger partial charge >= 0.3 is 0 Å². The van der Waals surface area contributed by atoms with Crippen LogP contribution >= 0.6 is 0 Å². The van der Waals surface area contributed by atoms with Gasteiger partial charge in [0.05, 0.1) is 6.54 Å². The maximum Gasteiger partial charge on any atom is 0.133 e. The monoisotopic (exact) mass is 159 g/mol. The van der Waals surface area contributed by atoms with E-state index in [-0.39, 0.29) is 6.61 Å². The molecule has 3 heteroatoms. The Morgan fingerprint density at radius 2 is 2.18 bits per heavy atom. The van der Waals surface area contributed by atoms with Crippen LogP contribution in [-0.4, -0.2) is 42.0 Å². The SMILES string of the molecule is CC(C)N(CC=O)CCCO. The smallest absolute Gasteiger partial charge is 0.133 e. The fourth-order valence-corrected chi connectivity index (χ4v) is 0.930. The first-order valence-electron chi connectivity index (χ1n) is 4.01. The third-order valence-corrected chi connectivity index (χ3v) is 1.64. The molecule has 0 atom stereocenters. The van der Waals surface area contributed by atoms with E-state index in [0.717, 1.165) is 19.3 Å². The van der Waals surface area contributed by atoms with Crippen LogP contribution in [0.3, 0.4) is 0 Å². The summed E-state index contributed by atoms with van der Waals surface area (Å²) < 4.78 is 0. The minimum absolute atomic E-state index is 0.197. The minimum atomic E-state index is 0.197. The predicted molar refractivity (Wildman–Crippen MR) is 44.5 cm³/mol. The Bertz CT molecular complexity index is 104. The Kier molecular flexibility index (Phi) is 6.07. The molecule has 0 aromatic heterocycles. The normalized spacial score (nSPS) is 11.0. The second-order valence-corrected chi connectivity index (χ2v) is 2.83. The van der Waals surface area contributed by atoms with E-state index in [4.69, 9.17) is 5.11 Å². The first kappa shape index (κ1) is 10.6. The average Bonchev–Trinajstić information content (AvgIpc) is 1.97. The van der Waals surface area contributed by atoms with E-state index < -0.39 is 0 Å². The Labute approximate surface area is 68.0 Å². The van der Waals surface area contributed by atoms with Gasteiger partial charge < -0.3 is 9.90 Å². The molecule has 0 bridgehead atoms. The molecule has 66 valence electrons. The molecule has 0 spiro atoms. The molecule has 11 heavy (non-hydrogen) atoms. The van der Waals surface area contributed by atoms with Crippen molar-refractivity contribution in [3.63, 3.8) is 0 Å². The molecule has 0 aromatic rings. The highest BCUT2D eigenvalue weighted by Gasteiger charge is 2.06. The van der Waals surface area contributed by atoms with Gasteiger partial charge in [0.1, 0.15) is 6.29 Å². The summed E-state index contributed by atoms with van der Waals surface area (Å²) in [7, 11) is 0. The lowest BCUT2D eigenvalue weighted by Gasteiger charge is -2.23. The van der Waals surface area contributed by atoms with Crippen molar-refractivity contribution in [2.75, 3.05) is 19.7 Å². The highest BCUT2D eigenvalue weighted by molar-refractivity contribution is 5.52. The van der Waals surface area contributed by atoms with Gasteiger partial charge in [-0.3, -0.25) is 4.90 Å². The maximum absolute atomic E-state index is 10.2. The zero-order valence-electron chi connectivity index (χ0n) is 7.29. The predicted octanol–water partition coefficient (Wildman–Crippen LogP) is 0.278. The summed E-state index contributed by atoms with van der Waals surface area (Å²) in [6.45, 7) is 5.55. The molecule has 0 saturated carbocycles. The minimum Gasteiger partial charge on any atom is -0.396 e. The number of aldehydes is 1. The van der Waals surface area contributed by atoms with Crippen molar-refractivity contribution in [3.05, 3.63) is 0 Å². The summed E-state index contributed by atoms with van der Waals surface area (Å²) in [5.74, 6) is 0. The summed E-state index contributed by atoms with van der Waals surface area (Å²) in [5.41, 5.74) is 0. The van der Waals surface area contributed by atoms with Crippen molar-refractivity contribution in [2.24, 2.45) is 0 Å². The molecule has 0 amide bonds. The lowest BCUT2D eigenvalue weighted by molar-refractivity contribution is -0.109. The summed E-state index contributed by atoms with van der Waals surface area (Å²) >= 11 is 0. The van der Waals surface area contributed by atoms with E-state index in [1.165, 1.54) is 0 Å².